The summed E-state index contributed by atoms with van der Waals surface area (Å²) in [5, 5.41) is 21.8. The van der Waals surface area contributed by atoms with Crippen LogP contribution in [0.4, 0.5) is 4.79 Å². The van der Waals surface area contributed by atoms with Crippen molar-refractivity contribution in [3.63, 3.8) is 0 Å². The summed E-state index contributed by atoms with van der Waals surface area (Å²) in [6.07, 6.45) is -0.637. The zero-order valence-corrected chi connectivity index (χ0v) is 27.3. The molecular formula is C30H56N4O8. The monoisotopic (exact) mass is 600 g/mol. The number of carbonyl (C=O) groups is 5. The lowest BCUT2D eigenvalue weighted by Gasteiger charge is -2.32. The standard InChI is InChI=1S/C30H56N4O8/c1-11-19(6)25(33-28(39)26(20(7)12-2)34-29(40)42-30(8,9)10)27(38)32-21(16-18(4)5)22(35)17-23(36)31-15-14-24(37)41-13-3/h18-22,25-26,35H,11-17H2,1-10H3,(H,31,36)(H,32,38)(H,33,39)(H,34,40)/t19-,20-,21-,22-,25-,26-/m0/s1. The summed E-state index contributed by atoms with van der Waals surface area (Å²) in [6.45, 7) is 18.5. The maximum Gasteiger partial charge on any atom is 0.408 e. The van der Waals surface area contributed by atoms with Gasteiger partial charge in [-0.1, -0.05) is 54.4 Å². The van der Waals surface area contributed by atoms with Gasteiger partial charge < -0.3 is 35.8 Å². The van der Waals surface area contributed by atoms with E-state index in [-0.39, 0.29) is 43.7 Å². The molecular weight excluding hydrogens is 544 g/mol. The highest BCUT2D eigenvalue weighted by Crippen LogP contribution is 2.16. The first-order valence-corrected chi connectivity index (χ1v) is 15.2. The highest BCUT2D eigenvalue weighted by atomic mass is 16.6. The third-order valence-electron chi connectivity index (χ3n) is 6.83. The van der Waals surface area contributed by atoms with E-state index >= 15 is 0 Å². The van der Waals surface area contributed by atoms with Crippen LogP contribution in [0, 0.1) is 17.8 Å². The molecule has 0 aromatic carbocycles. The van der Waals surface area contributed by atoms with E-state index in [4.69, 9.17) is 9.47 Å². The van der Waals surface area contributed by atoms with Crippen molar-refractivity contribution in [3.05, 3.63) is 0 Å². The Morgan fingerprint density at radius 1 is 0.810 bits per heavy atom. The lowest BCUT2D eigenvalue weighted by molar-refractivity contribution is -0.143. The average molecular weight is 601 g/mol. The molecule has 0 spiro atoms. The number of ether oxygens (including phenoxy) is 2. The third kappa shape index (κ3) is 15.9. The molecule has 0 aromatic heterocycles. The van der Waals surface area contributed by atoms with E-state index in [9.17, 15) is 29.1 Å². The van der Waals surface area contributed by atoms with Crippen LogP contribution in [-0.2, 0) is 28.7 Å². The molecule has 0 unspecified atom stereocenters. The quantitative estimate of drug-likeness (QED) is 0.149. The molecule has 12 nitrogen and oxygen atoms in total. The number of amides is 4. The number of rotatable bonds is 18. The normalized spacial score (nSPS) is 15.8. The molecule has 0 fully saturated rings. The van der Waals surface area contributed by atoms with Crippen LogP contribution in [0.1, 0.15) is 101 Å². The van der Waals surface area contributed by atoms with Crippen LogP contribution in [0.5, 0.6) is 0 Å². The first-order valence-electron chi connectivity index (χ1n) is 15.2. The molecule has 42 heavy (non-hydrogen) atoms. The maximum absolute atomic E-state index is 13.5. The molecule has 12 heteroatoms. The predicted molar refractivity (Wildman–Crippen MR) is 160 cm³/mol. The Kier molecular flexibility index (Phi) is 18.0. The number of aliphatic hydroxyl groups excluding tert-OH is 1. The van der Waals surface area contributed by atoms with Crippen molar-refractivity contribution in [2.24, 2.45) is 17.8 Å². The van der Waals surface area contributed by atoms with E-state index in [1.807, 2.05) is 41.5 Å². The molecule has 0 rings (SSSR count). The molecule has 0 heterocycles. The average Bonchev–Trinajstić information content (AvgIpc) is 2.87. The van der Waals surface area contributed by atoms with Gasteiger partial charge >= 0.3 is 12.1 Å². The number of alkyl carbamates (subject to hydrolysis) is 1. The summed E-state index contributed by atoms with van der Waals surface area (Å²) >= 11 is 0. The van der Waals surface area contributed by atoms with E-state index in [0.717, 1.165) is 0 Å². The third-order valence-corrected chi connectivity index (χ3v) is 6.83. The van der Waals surface area contributed by atoms with E-state index in [2.05, 4.69) is 21.3 Å². The van der Waals surface area contributed by atoms with Gasteiger partial charge in [0.05, 0.1) is 31.6 Å². The Labute approximate surface area is 251 Å². The van der Waals surface area contributed by atoms with E-state index in [1.54, 1.807) is 27.7 Å². The van der Waals surface area contributed by atoms with Gasteiger partial charge in [0, 0.05) is 6.54 Å². The van der Waals surface area contributed by atoms with Crippen molar-refractivity contribution >= 4 is 29.8 Å². The number of aliphatic hydroxyl groups is 1. The van der Waals surface area contributed by atoms with Crippen LogP contribution < -0.4 is 21.3 Å². The van der Waals surface area contributed by atoms with Gasteiger partial charge in [-0.05, 0) is 51.9 Å². The summed E-state index contributed by atoms with van der Waals surface area (Å²) in [4.78, 5) is 63.3. The highest BCUT2D eigenvalue weighted by molar-refractivity contribution is 5.91. The van der Waals surface area contributed by atoms with Gasteiger partial charge in [-0.15, -0.1) is 0 Å². The zero-order chi connectivity index (χ0) is 32.6. The molecule has 0 aliphatic carbocycles. The van der Waals surface area contributed by atoms with Crippen molar-refractivity contribution < 1.29 is 38.6 Å². The second-order valence-electron chi connectivity index (χ2n) is 12.3. The molecule has 4 amide bonds. The van der Waals surface area contributed by atoms with Gasteiger partial charge in [-0.25, -0.2) is 4.79 Å². The number of carbonyl (C=O) groups excluding carboxylic acids is 5. The second kappa shape index (κ2) is 19.3. The molecule has 0 aromatic rings. The fourth-order valence-corrected chi connectivity index (χ4v) is 4.12. The SMILES string of the molecule is CCOC(=O)CCNC(=O)C[C@H](O)[C@H](CC(C)C)NC(=O)[C@@H](NC(=O)[C@@H](NC(=O)OC(C)(C)C)[C@@H](C)CC)[C@@H](C)CC. The highest BCUT2D eigenvalue weighted by Gasteiger charge is 2.35. The molecule has 0 aliphatic heterocycles. The van der Waals surface area contributed by atoms with Gasteiger partial charge in [0.15, 0.2) is 0 Å². The maximum atomic E-state index is 13.5. The fraction of sp³-hybridized carbons (Fsp3) is 0.833. The summed E-state index contributed by atoms with van der Waals surface area (Å²) in [5.41, 5.74) is -0.746. The Morgan fingerprint density at radius 2 is 1.33 bits per heavy atom. The molecule has 0 aliphatic rings. The molecule has 0 saturated heterocycles. The lowest BCUT2D eigenvalue weighted by atomic mass is 9.93. The Bertz CT molecular complexity index is 874. The van der Waals surface area contributed by atoms with Crippen LogP contribution in [0.3, 0.4) is 0 Å². The minimum atomic E-state index is -1.20. The second-order valence-corrected chi connectivity index (χ2v) is 12.3. The van der Waals surface area contributed by atoms with Crippen LogP contribution in [0.2, 0.25) is 0 Å². The smallest absolute Gasteiger partial charge is 0.408 e. The molecule has 5 N–H and O–H groups in total. The molecule has 244 valence electrons. The van der Waals surface area contributed by atoms with Crippen LogP contribution >= 0.6 is 0 Å². The molecule has 0 saturated carbocycles. The molecule has 0 bridgehead atoms. The van der Waals surface area contributed by atoms with Crippen molar-refractivity contribution in [2.75, 3.05) is 13.2 Å². The first kappa shape index (κ1) is 39.1. The Balaban J connectivity index is 5.64. The van der Waals surface area contributed by atoms with Gasteiger partial charge in [-0.3, -0.25) is 19.2 Å². The minimum Gasteiger partial charge on any atom is -0.466 e. The van der Waals surface area contributed by atoms with Crippen molar-refractivity contribution in [3.8, 4) is 0 Å². The summed E-state index contributed by atoms with van der Waals surface area (Å²) in [5.74, 6) is -2.33. The minimum absolute atomic E-state index is 0.0124. The number of hydrogen-bond donors (Lipinski definition) is 5. The number of nitrogens with one attached hydrogen (secondary N) is 4. The summed E-state index contributed by atoms with van der Waals surface area (Å²) < 4.78 is 10.2. The van der Waals surface area contributed by atoms with Crippen LogP contribution in [0.25, 0.3) is 0 Å². The van der Waals surface area contributed by atoms with Gasteiger partial charge in [0.2, 0.25) is 17.7 Å². The topological polar surface area (TPSA) is 172 Å². The fourth-order valence-electron chi connectivity index (χ4n) is 4.12. The van der Waals surface area contributed by atoms with E-state index < -0.39 is 59.6 Å². The van der Waals surface area contributed by atoms with Crippen LogP contribution in [0.15, 0.2) is 0 Å². The zero-order valence-electron chi connectivity index (χ0n) is 27.3. The van der Waals surface area contributed by atoms with Gasteiger partial charge in [0.1, 0.15) is 17.7 Å². The molecule has 6 atom stereocenters. The van der Waals surface area contributed by atoms with Gasteiger partial charge in [-0.2, -0.15) is 0 Å². The van der Waals surface area contributed by atoms with Crippen molar-refractivity contribution in [2.45, 2.75) is 131 Å². The van der Waals surface area contributed by atoms with Gasteiger partial charge in [0.25, 0.3) is 0 Å². The summed E-state index contributed by atoms with van der Waals surface area (Å²) in [7, 11) is 0. The number of esters is 1. The predicted octanol–water partition coefficient (Wildman–Crippen LogP) is 2.81. The van der Waals surface area contributed by atoms with Crippen LogP contribution in [-0.4, -0.2) is 77.9 Å². The largest absolute Gasteiger partial charge is 0.466 e. The van der Waals surface area contributed by atoms with E-state index in [0.29, 0.717) is 19.3 Å². The molecule has 0 radical (unpaired) electrons. The number of hydrogen-bond acceptors (Lipinski definition) is 8. The Morgan fingerprint density at radius 3 is 1.81 bits per heavy atom. The van der Waals surface area contributed by atoms with E-state index in [1.165, 1.54) is 0 Å². The summed E-state index contributed by atoms with van der Waals surface area (Å²) in [6, 6.07) is -2.64. The lowest BCUT2D eigenvalue weighted by Crippen LogP contribution is -2.59. The van der Waals surface area contributed by atoms with Crippen molar-refractivity contribution in [1.29, 1.82) is 0 Å². The van der Waals surface area contributed by atoms with Crippen molar-refractivity contribution in [1.82, 2.24) is 21.3 Å². The first-order chi connectivity index (χ1) is 19.4. The Hall–Kier alpha value is -2.89.